The fraction of sp³-hybridized carbons (Fsp3) is 0.176. The van der Waals surface area contributed by atoms with E-state index in [0.29, 0.717) is 5.56 Å². The Labute approximate surface area is 169 Å². The predicted molar refractivity (Wildman–Crippen MR) is 95.6 cm³/mol. The van der Waals surface area contributed by atoms with Gasteiger partial charge in [-0.05, 0) is 40.3 Å². The number of hydrogen-bond acceptors (Lipinski definition) is 3. The molecule has 0 aliphatic heterocycles. The second-order valence-electron chi connectivity index (χ2n) is 5.50. The van der Waals surface area contributed by atoms with E-state index >= 15 is 0 Å². The zero-order valence-corrected chi connectivity index (χ0v) is 16.0. The first-order chi connectivity index (χ1) is 13.2. The van der Waals surface area contributed by atoms with Gasteiger partial charge in [0.05, 0.1) is 6.61 Å². The van der Waals surface area contributed by atoms with Crippen LogP contribution in [0.1, 0.15) is 15.9 Å². The molecule has 0 saturated heterocycles. The topological polar surface area (TPSA) is 78.4 Å². The van der Waals surface area contributed by atoms with Gasteiger partial charge in [0, 0.05) is 10.1 Å². The van der Waals surface area contributed by atoms with Gasteiger partial charge in [0.1, 0.15) is 11.6 Å². The third kappa shape index (κ3) is 4.76. The quantitative estimate of drug-likeness (QED) is 0.240. The summed E-state index contributed by atoms with van der Waals surface area (Å²) in [6.07, 6.45) is 0. The number of amides is 2. The standard InChI is InChI=1S/C17H12F5IN2O3/c18-11-10(12(19)14(21)15(22)13(11)20)17(28)25-9(6-26)16(27)24-5-7-2-1-3-8(23)4-7/h1-4,9,26H,5-6H2,(H,24,27)(H,25,28)/t9-/m0/s1. The lowest BCUT2D eigenvalue weighted by molar-refractivity contribution is -0.124. The first-order valence-corrected chi connectivity index (χ1v) is 8.70. The van der Waals surface area contributed by atoms with Gasteiger partial charge in [-0.1, -0.05) is 12.1 Å². The maximum absolute atomic E-state index is 13.7. The average Bonchev–Trinajstić information content (AvgIpc) is 2.67. The summed E-state index contributed by atoms with van der Waals surface area (Å²) in [7, 11) is 0. The maximum atomic E-state index is 13.7. The Morgan fingerprint density at radius 2 is 1.57 bits per heavy atom. The summed E-state index contributed by atoms with van der Waals surface area (Å²) in [6, 6.07) is 5.32. The highest BCUT2D eigenvalue weighted by molar-refractivity contribution is 14.1. The lowest BCUT2D eigenvalue weighted by Crippen LogP contribution is -2.49. The van der Waals surface area contributed by atoms with E-state index in [0.717, 1.165) is 3.57 Å². The molecular formula is C17H12F5IN2O3. The second-order valence-corrected chi connectivity index (χ2v) is 6.75. The molecular weight excluding hydrogens is 502 g/mol. The third-order valence-electron chi connectivity index (χ3n) is 3.60. The largest absolute Gasteiger partial charge is 0.394 e. The van der Waals surface area contributed by atoms with Crippen LogP contribution in [0, 0.1) is 32.7 Å². The molecule has 2 aromatic carbocycles. The number of hydrogen-bond donors (Lipinski definition) is 3. The van der Waals surface area contributed by atoms with Crippen molar-refractivity contribution in [3.8, 4) is 0 Å². The number of aliphatic hydroxyl groups excluding tert-OH is 1. The molecule has 0 fully saturated rings. The van der Waals surface area contributed by atoms with Crippen LogP contribution in [-0.2, 0) is 11.3 Å². The van der Waals surface area contributed by atoms with Crippen LogP contribution in [0.25, 0.3) is 0 Å². The molecule has 0 aromatic heterocycles. The molecule has 3 N–H and O–H groups in total. The highest BCUT2D eigenvalue weighted by atomic mass is 127. The first-order valence-electron chi connectivity index (χ1n) is 7.62. The molecule has 0 bridgehead atoms. The van der Waals surface area contributed by atoms with Crippen molar-refractivity contribution < 1.29 is 36.6 Å². The van der Waals surface area contributed by atoms with Gasteiger partial charge in [0.15, 0.2) is 23.3 Å². The number of nitrogens with one attached hydrogen (secondary N) is 2. The van der Waals surface area contributed by atoms with Gasteiger partial charge in [-0.2, -0.15) is 0 Å². The predicted octanol–water partition coefficient (Wildman–Crippen LogP) is 2.39. The Morgan fingerprint density at radius 3 is 2.11 bits per heavy atom. The third-order valence-corrected chi connectivity index (χ3v) is 4.27. The molecule has 0 spiro atoms. The van der Waals surface area contributed by atoms with Crippen LogP contribution in [0.15, 0.2) is 24.3 Å². The average molecular weight is 514 g/mol. The summed E-state index contributed by atoms with van der Waals surface area (Å²) in [5.74, 6) is -14.4. The van der Waals surface area contributed by atoms with Gasteiger partial charge in [-0.15, -0.1) is 0 Å². The summed E-state index contributed by atoms with van der Waals surface area (Å²) >= 11 is 2.05. The van der Waals surface area contributed by atoms with Gasteiger partial charge in [-0.25, -0.2) is 22.0 Å². The zero-order valence-electron chi connectivity index (χ0n) is 13.8. The summed E-state index contributed by atoms with van der Waals surface area (Å²) in [5.41, 5.74) is -1.05. The SMILES string of the molecule is O=C(N[C@@H](CO)C(=O)NCc1cccc(I)c1)c1c(F)c(F)c(F)c(F)c1F. The van der Waals surface area contributed by atoms with E-state index in [9.17, 15) is 36.6 Å². The van der Waals surface area contributed by atoms with Crippen molar-refractivity contribution in [1.29, 1.82) is 0 Å². The Hall–Kier alpha value is -2.28. The van der Waals surface area contributed by atoms with Crippen molar-refractivity contribution in [2.45, 2.75) is 12.6 Å². The minimum absolute atomic E-state index is 0.0184. The number of rotatable bonds is 6. The molecule has 5 nitrogen and oxygen atoms in total. The fourth-order valence-corrected chi connectivity index (χ4v) is 2.80. The number of carbonyl (C=O) groups excluding carboxylic acids is 2. The van der Waals surface area contributed by atoms with Crippen molar-refractivity contribution in [1.82, 2.24) is 10.6 Å². The van der Waals surface area contributed by atoms with E-state index in [1.165, 1.54) is 0 Å². The van der Waals surface area contributed by atoms with E-state index in [1.807, 2.05) is 6.07 Å². The Kier molecular flexibility index (Phi) is 7.29. The number of benzene rings is 2. The van der Waals surface area contributed by atoms with E-state index < -0.39 is 59.1 Å². The summed E-state index contributed by atoms with van der Waals surface area (Å²) in [6.45, 7) is -0.954. The van der Waals surface area contributed by atoms with Gasteiger partial charge in [0.25, 0.3) is 5.91 Å². The molecule has 0 aliphatic rings. The van der Waals surface area contributed by atoms with Crippen LogP contribution in [0.2, 0.25) is 0 Å². The van der Waals surface area contributed by atoms with E-state index in [-0.39, 0.29) is 6.54 Å². The Bertz CT molecular complexity index is 897. The number of carbonyl (C=O) groups is 2. The van der Waals surface area contributed by atoms with E-state index in [4.69, 9.17) is 0 Å². The van der Waals surface area contributed by atoms with Crippen molar-refractivity contribution in [3.63, 3.8) is 0 Å². The van der Waals surface area contributed by atoms with Gasteiger partial charge in [-0.3, -0.25) is 9.59 Å². The maximum Gasteiger partial charge on any atom is 0.258 e. The van der Waals surface area contributed by atoms with E-state index in [1.54, 1.807) is 23.5 Å². The molecule has 150 valence electrons. The molecule has 2 rings (SSSR count). The highest BCUT2D eigenvalue weighted by Gasteiger charge is 2.31. The highest BCUT2D eigenvalue weighted by Crippen LogP contribution is 2.23. The molecule has 0 saturated carbocycles. The normalized spacial score (nSPS) is 11.8. The van der Waals surface area contributed by atoms with Crippen molar-refractivity contribution >= 4 is 34.4 Å². The number of aliphatic hydroxyl groups is 1. The fourth-order valence-electron chi connectivity index (χ4n) is 2.19. The lowest BCUT2D eigenvalue weighted by Gasteiger charge is -2.17. The molecule has 0 unspecified atom stereocenters. The molecule has 0 radical (unpaired) electrons. The van der Waals surface area contributed by atoms with Crippen molar-refractivity contribution in [2.24, 2.45) is 0 Å². The monoisotopic (exact) mass is 514 g/mol. The van der Waals surface area contributed by atoms with Gasteiger partial charge in [0.2, 0.25) is 11.7 Å². The smallest absolute Gasteiger partial charge is 0.258 e. The van der Waals surface area contributed by atoms with Crippen LogP contribution in [0.5, 0.6) is 0 Å². The number of halogens is 6. The van der Waals surface area contributed by atoms with E-state index in [2.05, 4.69) is 27.9 Å². The van der Waals surface area contributed by atoms with Gasteiger partial charge >= 0.3 is 0 Å². The Morgan fingerprint density at radius 1 is 1.00 bits per heavy atom. The minimum atomic E-state index is -2.42. The zero-order chi connectivity index (χ0) is 21.0. The molecule has 2 amide bonds. The first kappa shape index (κ1) is 22.0. The summed E-state index contributed by atoms with van der Waals surface area (Å²) in [5, 5.41) is 13.4. The summed E-state index contributed by atoms with van der Waals surface area (Å²) < 4.78 is 67.7. The van der Waals surface area contributed by atoms with Gasteiger partial charge < -0.3 is 15.7 Å². The van der Waals surface area contributed by atoms with Crippen LogP contribution >= 0.6 is 22.6 Å². The molecule has 28 heavy (non-hydrogen) atoms. The van der Waals surface area contributed by atoms with Crippen molar-refractivity contribution in [2.75, 3.05) is 6.61 Å². The van der Waals surface area contributed by atoms with Crippen molar-refractivity contribution in [3.05, 3.63) is 68.0 Å². The van der Waals surface area contributed by atoms with Crippen LogP contribution in [-0.4, -0.2) is 29.6 Å². The lowest BCUT2D eigenvalue weighted by atomic mass is 10.1. The molecule has 1 atom stereocenters. The second kappa shape index (κ2) is 9.28. The molecule has 0 heterocycles. The summed E-state index contributed by atoms with van der Waals surface area (Å²) in [4.78, 5) is 24.0. The minimum Gasteiger partial charge on any atom is -0.394 e. The molecule has 11 heteroatoms. The molecule has 0 aliphatic carbocycles. The Balaban J connectivity index is 2.14. The van der Waals surface area contributed by atoms with Crippen LogP contribution < -0.4 is 10.6 Å². The molecule has 2 aromatic rings. The van der Waals surface area contributed by atoms with Crippen LogP contribution in [0.4, 0.5) is 22.0 Å². The van der Waals surface area contributed by atoms with Crippen LogP contribution in [0.3, 0.4) is 0 Å².